The molecule has 0 saturated heterocycles. The molecular weight excluding hydrogens is 443 g/mol. The smallest absolute Gasteiger partial charge is 0.324 e. The van der Waals surface area contributed by atoms with Crippen LogP contribution in [-0.2, 0) is 30.8 Å². The summed E-state index contributed by atoms with van der Waals surface area (Å²) in [5.41, 5.74) is 0.853. The van der Waals surface area contributed by atoms with E-state index in [-0.39, 0.29) is 17.1 Å². The number of hydrogen-bond donors (Lipinski definition) is 2. The summed E-state index contributed by atoms with van der Waals surface area (Å²) in [5, 5.41) is 2.60. The number of esters is 1. The van der Waals surface area contributed by atoms with Gasteiger partial charge >= 0.3 is 5.97 Å². The third kappa shape index (κ3) is 8.68. The molecule has 0 spiro atoms. The van der Waals surface area contributed by atoms with Crippen LogP contribution in [0, 0.1) is 5.82 Å². The van der Waals surface area contributed by atoms with Gasteiger partial charge in [-0.15, -0.1) is 0 Å². The van der Waals surface area contributed by atoms with Gasteiger partial charge in [-0.05, 0) is 54.7 Å². The van der Waals surface area contributed by atoms with Gasteiger partial charge in [-0.25, -0.2) is 12.8 Å². The predicted octanol–water partition coefficient (Wildman–Crippen LogP) is 2.13. The van der Waals surface area contributed by atoms with Crippen molar-refractivity contribution in [1.29, 1.82) is 0 Å². The minimum Gasteiger partial charge on any atom is -0.454 e. The van der Waals surface area contributed by atoms with Crippen LogP contribution in [0.15, 0.2) is 59.5 Å². The summed E-state index contributed by atoms with van der Waals surface area (Å²) in [6.45, 7) is -0.233. The molecule has 2 aromatic rings. The Labute approximate surface area is 185 Å². The second kappa shape index (κ2) is 12.4. The highest BCUT2D eigenvalue weighted by Crippen LogP contribution is 2.11. The monoisotopic (exact) mass is 468 g/mol. The van der Waals surface area contributed by atoms with Crippen molar-refractivity contribution in [3.05, 3.63) is 66.0 Å². The van der Waals surface area contributed by atoms with E-state index >= 15 is 0 Å². The number of rotatable bonds is 12. The summed E-state index contributed by atoms with van der Waals surface area (Å²) in [5.74, 6) is -1.13. The van der Waals surface area contributed by atoms with Gasteiger partial charge in [-0.2, -0.15) is 16.5 Å². The van der Waals surface area contributed by atoms with Crippen molar-refractivity contribution in [3.63, 3.8) is 0 Å². The zero-order valence-corrected chi connectivity index (χ0v) is 18.7. The summed E-state index contributed by atoms with van der Waals surface area (Å²) < 4.78 is 45.3. The molecule has 1 atom stereocenters. The summed E-state index contributed by atoms with van der Waals surface area (Å²) in [6, 6.07) is 12.5. The van der Waals surface area contributed by atoms with Crippen molar-refractivity contribution in [2.75, 3.05) is 25.2 Å². The van der Waals surface area contributed by atoms with E-state index in [2.05, 4.69) is 10.0 Å². The average Bonchev–Trinajstić information content (AvgIpc) is 2.77. The van der Waals surface area contributed by atoms with Gasteiger partial charge in [0.2, 0.25) is 10.0 Å². The van der Waals surface area contributed by atoms with Gasteiger partial charge in [0.25, 0.3) is 5.91 Å². The Morgan fingerprint density at radius 1 is 1.10 bits per heavy atom. The quantitative estimate of drug-likeness (QED) is 0.463. The fourth-order valence-electron chi connectivity index (χ4n) is 2.60. The highest BCUT2D eigenvalue weighted by molar-refractivity contribution is 7.98. The molecule has 0 aliphatic heterocycles. The molecule has 1 unspecified atom stereocenters. The Bertz CT molecular complexity index is 953. The Morgan fingerprint density at radius 2 is 1.77 bits per heavy atom. The molecular formula is C21H25FN2O5S2. The van der Waals surface area contributed by atoms with Crippen LogP contribution in [-0.4, -0.2) is 51.5 Å². The van der Waals surface area contributed by atoms with E-state index in [1.54, 1.807) is 30.3 Å². The SMILES string of the molecule is CSCCC(NS(=O)(=O)c1ccccc1)C(=O)OCC(=O)NCCc1ccc(F)cc1. The Morgan fingerprint density at radius 3 is 2.42 bits per heavy atom. The zero-order chi connectivity index (χ0) is 22.7. The van der Waals surface area contributed by atoms with Gasteiger partial charge in [0, 0.05) is 6.54 Å². The summed E-state index contributed by atoms with van der Waals surface area (Å²) >= 11 is 1.46. The Balaban J connectivity index is 1.85. The second-order valence-corrected chi connectivity index (χ2v) is 9.30. The van der Waals surface area contributed by atoms with Gasteiger partial charge in [0.1, 0.15) is 11.9 Å². The topological polar surface area (TPSA) is 102 Å². The molecule has 0 fully saturated rings. The first-order valence-corrected chi connectivity index (χ1v) is 12.4. The number of hydrogen-bond acceptors (Lipinski definition) is 6. The maximum absolute atomic E-state index is 12.9. The molecule has 2 rings (SSSR count). The van der Waals surface area contributed by atoms with E-state index in [9.17, 15) is 22.4 Å². The first-order chi connectivity index (χ1) is 14.8. The maximum atomic E-state index is 12.9. The van der Waals surface area contributed by atoms with Crippen LogP contribution in [0.1, 0.15) is 12.0 Å². The van der Waals surface area contributed by atoms with Crippen LogP contribution in [0.4, 0.5) is 4.39 Å². The Hall–Kier alpha value is -2.43. The summed E-state index contributed by atoms with van der Waals surface area (Å²) in [6.07, 6.45) is 2.55. The molecule has 7 nitrogen and oxygen atoms in total. The number of carbonyl (C=O) groups is 2. The number of benzene rings is 2. The van der Waals surface area contributed by atoms with Crippen molar-refractivity contribution in [2.24, 2.45) is 0 Å². The molecule has 0 aromatic heterocycles. The number of sulfonamides is 1. The minimum atomic E-state index is -3.91. The maximum Gasteiger partial charge on any atom is 0.324 e. The average molecular weight is 469 g/mol. The standard InChI is InChI=1S/C21H25FN2O5S2/c1-30-14-12-19(24-31(27,28)18-5-3-2-4-6-18)21(26)29-15-20(25)23-13-11-16-7-9-17(22)10-8-16/h2-10,19,24H,11-15H2,1H3,(H,23,25). The second-order valence-electron chi connectivity index (χ2n) is 6.60. The molecule has 0 aliphatic carbocycles. The normalized spacial score (nSPS) is 12.2. The van der Waals surface area contributed by atoms with Crippen LogP contribution >= 0.6 is 11.8 Å². The van der Waals surface area contributed by atoms with Gasteiger partial charge in [-0.1, -0.05) is 30.3 Å². The minimum absolute atomic E-state index is 0.0375. The largest absolute Gasteiger partial charge is 0.454 e. The molecule has 0 bridgehead atoms. The van der Waals surface area contributed by atoms with E-state index in [0.29, 0.717) is 18.7 Å². The highest BCUT2D eigenvalue weighted by Gasteiger charge is 2.27. The lowest BCUT2D eigenvalue weighted by Crippen LogP contribution is -2.43. The molecule has 2 aromatic carbocycles. The number of amides is 1. The summed E-state index contributed by atoms with van der Waals surface area (Å²) in [7, 11) is -3.91. The molecule has 168 valence electrons. The van der Waals surface area contributed by atoms with E-state index in [1.807, 2.05) is 6.26 Å². The molecule has 10 heteroatoms. The summed E-state index contributed by atoms with van der Waals surface area (Å²) in [4.78, 5) is 24.4. The van der Waals surface area contributed by atoms with Crippen molar-refractivity contribution < 1.29 is 27.1 Å². The van der Waals surface area contributed by atoms with Crippen molar-refractivity contribution in [2.45, 2.75) is 23.8 Å². The fraction of sp³-hybridized carbons (Fsp3) is 0.333. The van der Waals surface area contributed by atoms with Crippen LogP contribution in [0.3, 0.4) is 0 Å². The fourth-order valence-corrected chi connectivity index (χ4v) is 4.31. The van der Waals surface area contributed by atoms with Gasteiger partial charge in [0.15, 0.2) is 6.61 Å². The number of thioether (sulfide) groups is 1. The lowest BCUT2D eigenvalue weighted by Gasteiger charge is -2.17. The number of halogens is 1. The van der Waals surface area contributed by atoms with E-state index in [1.165, 1.54) is 36.0 Å². The van der Waals surface area contributed by atoms with Crippen molar-refractivity contribution in [1.82, 2.24) is 10.0 Å². The molecule has 0 saturated carbocycles. The van der Waals surface area contributed by atoms with Crippen LogP contribution in [0.25, 0.3) is 0 Å². The third-order valence-corrected chi connectivity index (χ3v) is 6.37. The van der Waals surface area contributed by atoms with E-state index in [0.717, 1.165) is 5.56 Å². The molecule has 1 amide bonds. The molecule has 0 aliphatic rings. The third-order valence-electron chi connectivity index (χ3n) is 4.24. The number of nitrogens with one attached hydrogen (secondary N) is 2. The predicted molar refractivity (Wildman–Crippen MR) is 118 cm³/mol. The van der Waals surface area contributed by atoms with E-state index in [4.69, 9.17) is 4.74 Å². The van der Waals surface area contributed by atoms with E-state index < -0.39 is 34.5 Å². The Kier molecular flexibility index (Phi) is 9.96. The first kappa shape index (κ1) is 24.8. The molecule has 0 radical (unpaired) electrons. The van der Waals surface area contributed by atoms with Crippen LogP contribution < -0.4 is 10.0 Å². The number of carbonyl (C=O) groups excluding carboxylic acids is 2. The molecule has 0 heterocycles. The van der Waals surface area contributed by atoms with Gasteiger partial charge in [0.05, 0.1) is 4.90 Å². The first-order valence-electron chi connectivity index (χ1n) is 9.56. The van der Waals surface area contributed by atoms with Gasteiger partial charge < -0.3 is 10.1 Å². The van der Waals surface area contributed by atoms with Crippen LogP contribution in [0.5, 0.6) is 0 Å². The van der Waals surface area contributed by atoms with Crippen molar-refractivity contribution >= 4 is 33.7 Å². The van der Waals surface area contributed by atoms with Gasteiger partial charge in [-0.3, -0.25) is 9.59 Å². The zero-order valence-electron chi connectivity index (χ0n) is 17.0. The lowest BCUT2D eigenvalue weighted by molar-refractivity contribution is -0.150. The van der Waals surface area contributed by atoms with Crippen molar-refractivity contribution in [3.8, 4) is 0 Å². The highest BCUT2D eigenvalue weighted by atomic mass is 32.2. The molecule has 2 N–H and O–H groups in total. The van der Waals surface area contributed by atoms with Crippen LogP contribution in [0.2, 0.25) is 0 Å². The lowest BCUT2D eigenvalue weighted by atomic mass is 10.1. The molecule has 31 heavy (non-hydrogen) atoms. The number of ether oxygens (including phenoxy) is 1.